The zero-order valence-electron chi connectivity index (χ0n) is 19.2. The highest BCUT2D eigenvalue weighted by Gasteiger charge is 2.33. The Morgan fingerprint density at radius 2 is 1.81 bits per heavy atom. The number of benzene rings is 1. The molecule has 0 bridgehead atoms. The average molecular weight is 465 g/mol. The van der Waals surface area contributed by atoms with E-state index in [2.05, 4.69) is 9.97 Å². The van der Waals surface area contributed by atoms with E-state index in [1.807, 2.05) is 13.8 Å². The van der Waals surface area contributed by atoms with E-state index in [9.17, 15) is 18.3 Å². The maximum Gasteiger partial charge on any atom is 0.273 e. The number of nitrogens with zero attached hydrogens (tertiary/aromatic N) is 4. The molecule has 9 nitrogen and oxygen atoms in total. The molecular weight excluding hydrogens is 432 g/mol. The first kappa shape index (κ1) is 25.9. The van der Waals surface area contributed by atoms with Crippen molar-refractivity contribution in [3.63, 3.8) is 0 Å². The largest absolute Gasteiger partial charge is 0.395 e. The van der Waals surface area contributed by atoms with Crippen molar-refractivity contribution >= 4 is 15.9 Å². The SMILES string of the molecule is CO[C@@H](CN(C)C(=O)c1cnccn1)[C@H](C)CN([C@H](C)CO)S(=O)(=O)c1ccc(C)cc1. The van der Waals surface area contributed by atoms with Gasteiger partial charge in [-0.15, -0.1) is 0 Å². The van der Waals surface area contributed by atoms with Gasteiger partial charge in [0.05, 0.1) is 23.8 Å². The fourth-order valence-electron chi connectivity index (χ4n) is 3.30. The highest BCUT2D eigenvalue weighted by atomic mass is 32.2. The fraction of sp³-hybridized carbons (Fsp3) is 0.500. The van der Waals surface area contributed by atoms with E-state index in [0.29, 0.717) is 0 Å². The van der Waals surface area contributed by atoms with Gasteiger partial charge >= 0.3 is 0 Å². The third-order valence-corrected chi connectivity index (χ3v) is 7.37. The molecule has 0 aliphatic heterocycles. The molecule has 1 amide bonds. The third-order valence-electron chi connectivity index (χ3n) is 5.37. The Balaban J connectivity index is 2.19. The highest BCUT2D eigenvalue weighted by molar-refractivity contribution is 7.89. The summed E-state index contributed by atoms with van der Waals surface area (Å²) in [6, 6.07) is 5.98. The van der Waals surface area contributed by atoms with Gasteiger partial charge in [0.2, 0.25) is 10.0 Å². The van der Waals surface area contributed by atoms with Crippen LogP contribution in [0.3, 0.4) is 0 Å². The van der Waals surface area contributed by atoms with Gasteiger partial charge in [-0.25, -0.2) is 13.4 Å². The van der Waals surface area contributed by atoms with Crippen LogP contribution in [0.5, 0.6) is 0 Å². The maximum absolute atomic E-state index is 13.3. The number of ether oxygens (including phenoxy) is 1. The number of methoxy groups -OCH3 is 1. The number of amides is 1. The Bertz CT molecular complexity index is 970. The van der Waals surface area contributed by atoms with Crippen molar-refractivity contribution in [2.45, 2.75) is 37.8 Å². The number of aromatic nitrogens is 2. The number of aryl methyl sites for hydroxylation is 1. The Labute approximate surface area is 190 Å². The molecule has 0 unspecified atom stereocenters. The molecule has 10 heteroatoms. The number of aliphatic hydroxyl groups excluding tert-OH is 1. The summed E-state index contributed by atoms with van der Waals surface area (Å²) in [5.41, 5.74) is 1.17. The quantitative estimate of drug-likeness (QED) is 0.537. The molecule has 0 saturated heterocycles. The van der Waals surface area contributed by atoms with Crippen molar-refractivity contribution < 1.29 is 23.1 Å². The van der Waals surface area contributed by atoms with Crippen LogP contribution in [0.25, 0.3) is 0 Å². The fourth-order valence-corrected chi connectivity index (χ4v) is 5.02. The van der Waals surface area contributed by atoms with Crippen LogP contribution in [-0.4, -0.2) is 84.6 Å². The normalized spacial score (nSPS) is 14.7. The zero-order valence-corrected chi connectivity index (χ0v) is 20.0. The topological polar surface area (TPSA) is 113 Å². The minimum Gasteiger partial charge on any atom is -0.395 e. The summed E-state index contributed by atoms with van der Waals surface area (Å²) in [6.45, 7) is 5.43. The van der Waals surface area contributed by atoms with Crippen molar-refractivity contribution in [3.05, 3.63) is 54.1 Å². The van der Waals surface area contributed by atoms with Crippen LogP contribution in [0.4, 0.5) is 0 Å². The second kappa shape index (κ2) is 11.5. The predicted molar refractivity (Wildman–Crippen MR) is 121 cm³/mol. The van der Waals surface area contributed by atoms with Crippen molar-refractivity contribution in [1.29, 1.82) is 0 Å². The summed E-state index contributed by atoms with van der Waals surface area (Å²) in [5, 5.41) is 9.71. The molecule has 3 atom stereocenters. The molecule has 0 aliphatic carbocycles. The summed E-state index contributed by atoms with van der Waals surface area (Å²) >= 11 is 0. The summed E-state index contributed by atoms with van der Waals surface area (Å²) in [6.07, 6.45) is 3.88. The van der Waals surface area contributed by atoms with Gasteiger partial charge in [-0.3, -0.25) is 9.78 Å². The van der Waals surface area contributed by atoms with Gasteiger partial charge in [0.15, 0.2) is 0 Å². The molecule has 2 rings (SSSR count). The Morgan fingerprint density at radius 3 is 2.34 bits per heavy atom. The van der Waals surface area contributed by atoms with Gasteiger partial charge in [0, 0.05) is 45.7 Å². The standard InChI is InChI=1S/C22H32N4O5S/c1-16-6-8-19(9-7-16)32(29,30)26(18(3)15-27)13-17(2)21(31-5)14-25(4)22(28)20-12-23-10-11-24-20/h6-12,17-18,21,27H,13-15H2,1-5H3/t17-,18-,21+/m1/s1. The number of carbonyl (C=O) groups is 1. The van der Waals surface area contributed by atoms with Gasteiger partial charge in [0.25, 0.3) is 5.91 Å². The number of aliphatic hydroxyl groups is 1. The van der Waals surface area contributed by atoms with E-state index in [4.69, 9.17) is 4.74 Å². The number of likely N-dealkylation sites (N-methyl/N-ethyl adjacent to an activating group) is 1. The van der Waals surface area contributed by atoms with Gasteiger partial charge in [-0.2, -0.15) is 4.31 Å². The van der Waals surface area contributed by atoms with E-state index in [0.717, 1.165) is 5.56 Å². The lowest BCUT2D eigenvalue weighted by Crippen LogP contribution is -2.47. The molecular formula is C22H32N4O5S. The van der Waals surface area contributed by atoms with Crippen molar-refractivity contribution in [2.24, 2.45) is 5.92 Å². The molecule has 1 N–H and O–H groups in total. The molecule has 1 aromatic carbocycles. The van der Waals surface area contributed by atoms with Crippen LogP contribution in [0, 0.1) is 12.8 Å². The van der Waals surface area contributed by atoms with Crippen LogP contribution in [0.1, 0.15) is 29.9 Å². The number of hydrogen-bond donors (Lipinski definition) is 1. The minimum absolute atomic E-state index is 0.115. The molecule has 176 valence electrons. The number of carbonyl (C=O) groups excluding carboxylic acids is 1. The molecule has 32 heavy (non-hydrogen) atoms. The number of rotatable bonds is 11. The van der Waals surface area contributed by atoms with Crippen LogP contribution in [0.15, 0.2) is 47.8 Å². The molecule has 1 heterocycles. The lowest BCUT2D eigenvalue weighted by molar-refractivity contribution is 0.0219. The first-order valence-electron chi connectivity index (χ1n) is 10.4. The Morgan fingerprint density at radius 1 is 1.16 bits per heavy atom. The molecule has 0 aliphatic rings. The molecule has 0 fully saturated rings. The summed E-state index contributed by atoms with van der Waals surface area (Å²) < 4.78 is 33.5. The van der Waals surface area contributed by atoms with E-state index >= 15 is 0 Å². The second-order valence-corrected chi connectivity index (χ2v) is 9.84. The third kappa shape index (κ3) is 6.32. The van der Waals surface area contributed by atoms with Gasteiger partial charge in [-0.1, -0.05) is 24.6 Å². The lowest BCUT2D eigenvalue weighted by atomic mass is 10.0. The molecule has 2 aromatic rings. The number of hydrogen-bond acceptors (Lipinski definition) is 7. The molecule has 0 spiro atoms. The van der Waals surface area contributed by atoms with Gasteiger partial charge in [-0.05, 0) is 31.9 Å². The van der Waals surface area contributed by atoms with Crippen molar-refractivity contribution in [1.82, 2.24) is 19.2 Å². The van der Waals surface area contributed by atoms with Crippen LogP contribution in [-0.2, 0) is 14.8 Å². The summed E-state index contributed by atoms with van der Waals surface area (Å²) in [5.74, 6) is -0.577. The van der Waals surface area contributed by atoms with Crippen molar-refractivity contribution in [3.8, 4) is 0 Å². The van der Waals surface area contributed by atoms with E-state index < -0.39 is 22.2 Å². The first-order valence-corrected chi connectivity index (χ1v) is 11.8. The number of sulfonamides is 1. The zero-order chi connectivity index (χ0) is 23.9. The van der Waals surface area contributed by atoms with Crippen LogP contribution < -0.4 is 0 Å². The maximum atomic E-state index is 13.3. The average Bonchev–Trinajstić information content (AvgIpc) is 2.80. The molecule has 1 aromatic heterocycles. The smallest absolute Gasteiger partial charge is 0.273 e. The Kier molecular flexibility index (Phi) is 9.26. The van der Waals surface area contributed by atoms with E-state index in [1.165, 1.54) is 34.9 Å². The van der Waals surface area contributed by atoms with Gasteiger partial charge in [0.1, 0.15) is 5.69 Å². The first-order chi connectivity index (χ1) is 15.1. The summed E-state index contributed by atoms with van der Waals surface area (Å²) in [4.78, 5) is 22.2. The van der Waals surface area contributed by atoms with Gasteiger partial charge < -0.3 is 14.7 Å². The highest BCUT2D eigenvalue weighted by Crippen LogP contribution is 2.22. The molecule has 0 saturated carbocycles. The van der Waals surface area contributed by atoms with Crippen molar-refractivity contribution in [2.75, 3.05) is 33.9 Å². The summed E-state index contributed by atoms with van der Waals surface area (Å²) in [7, 11) is -0.679. The van der Waals surface area contributed by atoms with E-state index in [1.54, 1.807) is 38.2 Å². The lowest BCUT2D eigenvalue weighted by Gasteiger charge is -2.33. The second-order valence-electron chi connectivity index (χ2n) is 7.95. The monoisotopic (exact) mass is 464 g/mol. The Hall–Kier alpha value is -2.40. The van der Waals surface area contributed by atoms with Crippen LogP contribution in [0.2, 0.25) is 0 Å². The molecule has 0 radical (unpaired) electrons. The van der Waals surface area contributed by atoms with E-state index in [-0.39, 0.29) is 42.1 Å². The predicted octanol–water partition coefficient (Wildman–Crippen LogP) is 1.58. The minimum atomic E-state index is -3.83. The van der Waals surface area contributed by atoms with Crippen LogP contribution >= 0.6 is 0 Å².